The number of carbonyl (C=O) groups is 1. The molecular formula is C16H21FN2O. The van der Waals surface area contributed by atoms with E-state index in [1.54, 1.807) is 6.07 Å². The second-order valence-corrected chi connectivity index (χ2v) is 6.27. The molecular weight excluding hydrogens is 255 g/mol. The van der Waals surface area contributed by atoms with E-state index < -0.39 is 6.04 Å². The van der Waals surface area contributed by atoms with Gasteiger partial charge in [-0.3, -0.25) is 4.79 Å². The van der Waals surface area contributed by atoms with Gasteiger partial charge in [-0.1, -0.05) is 33.4 Å². The number of nitrogens with one attached hydrogen (secondary N) is 2. The van der Waals surface area contributed by atoms with Crippen LogP contribution in [0.1, 0.15) is 39.2 Å². The lowest BCUT2D eigenvalue weighted by molar-refractivity contribution is -0.122. The van der Waals surface area contributed by atoms with Gasteiger partial charge in [-0.15, -0.1) is 0 Å². The van der Waals surface area contributed by atoms with Crippen molar-refractivity contribution >= 4 is 11.6 Å². The molecule has 1 aromatic carbocycles. The largest absolute Gasteiger partial charge is 0.371 e. The molecule has 1 aromatic rings. The summed E-state index contributed by atoms with van der Waals surface area (Å²) in [5.74, 6) is -0.477. The molecule has 1 saturated heterocycles. The van der Waals surface area contributed by atoms with Crippen molar-refractivity contribution in [2.45, 2.75) is 45.1 Å². The van der Waals surface area contributed by atoms with Crippen molar-refractivity contribution in [3.05, 3.63) is 41.9 Å². The van der Waals surface area contributed by atoms with E-state index in [0.29, 0.717) is 18.5 Å². The summed E-state index contributed by atoms with van der Waals surface area (Å²) in [4.78, 5) is 11.8. The predicted molar refractivity (Wildman–Crippen MR) is 79.0 cm³/mol. The Morgan fingerprint density at radius 2 is 2.10 bits per heavy atom. The lowest BCUT2D eigenvalue weighted by Gasteiger charge is -2.26. The van der Waals surface area contributed by atoms with E-state index in [-0.39, 0.29) is 17.1 Å². The molecule has 0 bridgehead atoms. The van der Waals surface area contributed by atoms with Crippen molar-refractivity contribution < 1.29 is 9.18 Å². The predicted octanol–water partition coefficient (Wildman–Crippen LogP) is 3.33. The van der Waals surface area contributed by atoms with Crippen molar-refractivity contribution in [2.24, 2.45) is 0 Å². The van der Waals surface area contributed by atoms with Gasteiger partial charge in [-0.05, 0) is 36.0 Å². The molecule has 2 N–H and O–H groups in total. The molecule has 1 unspecified atom stereocenters. The zero-order valence-corrected chi connectivity index (χ0v) is 12.2. The van der Waals surface area contributed by atoms with Crippen LogP contribution in [0.2, 0.25) is 0 Å². The lowest BCUT2D eigenvalue weighted by atomic mass is 9.87. The highest BCUT2D eigenvalue weighted by molar-refractivity contribution is 5.87. The molecule has 108 valence electrons. The Hall–Kier alpha value is -1.84. The Balaban J connectivity index is 2.14. The van der Waals surface area contributed by atoms with Crippen LogP contribution in [0, 0.1) is 5.82 Å². The van der Waals surface area contributed by atoms with Gasteiger partial charge in [-0.2, -0.15) is 0 Å². The molecule has 3 nitrogen and oxygen atoms in total. The van der Waals surface area contributed by atoms with Crippen LogP contribution < -0.4 is 10.6 Å². The molecule has 0 saturated carbocycles. The number of hydrogen-bond acceptors (Lipinski definition) is 2. The summed E-state index contributed by atoms with van der Waals surface area (Å²) < 4.78 is 14.1. The number of halogens is 1. The summed E-state index contributed by atoms with van der Waals surface area (Å²) in [6.45, 7) is 9.84. The lowest BCUT2D eigenvalue weighted by Crippen LogP contribution is -2.43. The fourth-order valence-corrected chi connectivity index (χ4v) is 2.20. The number of benzene rings is 1. The number of hydrogen-bond donors (Lipinski definition) is 2. The number of rotatable bonds is 2. The van der Waals surface area contributed by atoms with Gasteiger partial charge in [-0.25, -0.2) is 4.39 Å². The van der Waals surface area contributed by atoms with Crippen molar-refractivity contribution in [1.29, 1.82) is 0 Å². The van der Waals surface area contributed by atoms with Crippen LogP contribution in [-0.4, -0.2) is 11.9 Å². The zero-order chi connectivity index (χ0) is 14.9. The minimum Gasteiger partial charge on any atom is -0.371 e. The second kappa shape index (κ2) is 5.27. The van der Waals surface area contributed by atoms with Crippen LogP contribution in [0.25, 0.3) is 0 Å². The second-order valence-electron chi connectivity index (χ2n) is 6.27. The summed E-state index contributed by atoms with van der Waals surface area (Å²) in [5.41, 5.74) is 1.92. The van der Waals surface area contributed by atoms with Crippen molar-refractivity contribution in [2.75, 3.05) is 5.32 Å². The van der Waals surface area contributed by atoms with Crippen LogP contribution in [0.3, 0.4) is 0 Å². The van der Waals surface area contributed by atoms with Gasteiger partial charge in [0.1, 0.15) is 11.9 Å². The van der Waals surface area contributed by atoms with E-state index in [4.69, 9.17) is 0 Å². The van der Waals surface area contributed by atoms with E-state index in [2.05, 4.69) is 17.2 Å². The zero-order valence-electron chi connectivity index (χ0n) is 12.2. The Kier molecular flexibility index (Phi) is 3.84. The van der Waals surface area contributed by atoms with E-state index in [9.17, 15) is 9.18 Å². The fraction of sp³-hybridized carbons (Fsp3) is 0.438. The van der Waals surface area contributed by atoms with Crippen LogP contribution in [0.15, 0.2) is 30.5 Å². The monoisotopic (exact) mass is 276 g/mol. The van der Waals surface area contributed by atoms with Crippen LogP contribution in [0.4, 0.5) is 10.1 Å². The topological polar surface area (TPSA) is 41.1 Å². The number of amides is 1. The molecule has 1 atom stereocenters. The normalized spacial score (nSPS) is 19.7. The van der Waals surface area contributed by atoms with Gasteiger partial charge in [0.05, 0.1) is 5.69 Å². The number of anilines is 1. The Morgan fingerprint density at radius 1 is 1.40 bits per heavy atom. The van der Waals surface area contributed by atoms with Gasteiger partial charge in [0, 0.05) is 5.70 Å². The maximum atomic E-state index is 14.1. The molecule has 1 aliphatic heterocycles. The molecule has 20 heavy (non-hydrogen) atoms. The average molecular weight is 276 g/mol. The first-order valence-corrected chi connectivity index (χ1v) is 6.82. The summed E-state index contributed by atoms with van der Waals surface area (Å²) in [5, 5.41) is 5.66. The quantitative estimate of drug-likeness (QED) is 0.870. The third-order valence-electron chi connectivity index (χ3n) is 3.52. The van der Waals surface area contributed by atoms with Crippen molar-refractivity contribution in [1.82, 2.24) is 5.32 Å². The van der Waals surface area contributed by atoms with Gasteiger partial charge in [0.25, 0.3) is 0 Å². The molecule has 2 rings (SSSR count). The summed E-state index contributed by atoms with van der Waals surface area (Å²) >= 11 is 0. The molecule has 0 radical (unpaired) electrons. The molecule has 0 aromatic heterocycles. The number of carbonyl (C=O) groups excluding carboxylic acids is 1. The smallest absolute Gasteiger partial charge is 0.246 e. The Labute approximate surface area is 119 Å². The van der Waals surface area contributed by atoms with Crippen molar-refractivity contribution in [3.63, 3.8) is 0 Å². The standard InChI is InChI=1S/C16H21FN2O/c1-10-5-7-14(15(20)18-10)19-13-8-6-11(9-12(13)17)16(2,3)4/h6,8-9,14,19H,1,5,7H2,2-4H3,(H,18,20). The molecule has 1 amide bonds. The van der Waals surface area contributed by atoms with E-state index >= 15 is 0 Å². The van der Waals surface area contributed by atoms with Crippen molar-refractivity contribution in [3.8, 4) is 0 Å². The first-order chi connectivity index (χ1) is 9.27. The molecule has 0 spiro atoms. The summed E-state index contributed by atoms with van der Waals surface area (Å²) in [6, 6.07) is 4.72. The molecule has 0 aliphatic carbocycles. The molecule has 1 fully saturated rings. The summed E-state index contributed by atoms with van der Waals surface area (Å²) in [6.07, 6.45) is 1.34. The van der Waals surface area contributed by atoms with Crippen LogP contribution in [-0.2, 0) is 10.2 Å². The highest BCUT2D eigenvalue weighted by Gasteiger charge is 2.25. The fourth-order valence-electron chi connectivity index (χ4n) is 2.20. The first kappa shape index (κ1) is 14.6. The maximum absolute atomic E-state index is 14.1. The average Bonchev–Trinajstić information content (AvgIpc) is 2.33. The molecule has 1 aliphatic rings. The van der Waals surface area contributed by atoms with Gasteiger partial charge in [0.15, 0.2) is 0 Å². The minimum absolute atomic E-state index is 0.0979. The third-order valence-corrected chi connectivity index (χ3v) is 3.52. The Bertz CT molecular complexity index is 546. The minimum atomic E-state index is -0.407. The Morgan fingerprint density at radius 3 is 2.65 bits per heavy atom. The van der Waals surface area contributed by atoms with E-state index in [0.717, 1.165) is 11.3 Å². The summed E-state index contributed by atoms with van der Waals surface area (Å²) in [7, 11) is 0. The highest BCUT2D eigenvalue weighted by atomic mass is 19.1. The number of allylic oxidation sites excluding steroid dienone is 1. The van der Waals surface area contributed by atoms with E-state index in [1.807, 2.05) is 26.8 Å². The van der Waals surface area contributed by atoms with Crippen LogP contribution >= 0.6 is 0 Å². The SMILES string of the molecule is C=C1CCC(Nc2ccc(C(C)(C)C)cc2F)C(=O)N1. The number of piperidine rings is 1. The molecule has 1 heterocycles. The first-order valence-electron chi connectivity index (χ1n) is 6.82. The van der Waals surface area contributed by atoms with Crippen LogP contribution in [0.5, 0.6) is 0 Å². The van der Waals surface area contributed by atoms with Gasteiger partial charge >= 0.3 is 0 Å². The van der Waals surface area contributed by atoms with Gasteiger partial charge in [0.2, 0.25) is 5.91 Å². The maximum Gasteiger partial charge on any atom is 0.246 e. The molecule has 4 heteroatoms. The van der Waals surface area contributed by atoms with E-state index in [1.165, 1.54) is 6.07 Å². The van der Waals surface area contributed by atoms with Gasteiger partial charge < -0.3 is 10.6 Å². The third kappa shape index (κ3) is 3.18. The highest BCUT2D eigenvalue weighted by Crippen LogP contribution is 2.27.